The quantitative estimate of drug-likeness (QED) is 0.117. The van der Waals surface area contributed by atoms with Crippen molar-refractivity contribution in [1.29, 1.82) is 10.5 Å². The molecule has 0 spiro atoms. The van der Waals surface area contributed by atoms with E-state index in [1.165, 1.54) is 17.3 Å². The summed E-state index contributed by atoms with van der Waals surface area (Å²) in [5.74, 6) is -0.819. The molecule has 2 amide bonds. The van der Waals surface area contributed by atoms with Crippen molar-refractivity contribution in [3.05, 3.63) is 217 Å². The maximum atomic E-state index is 15.2. The average Bonchev–Trinajstić information content (AvgIpc) is 3.81. The fraction of sp³-hybridized carbons (Fsp3) is 0.0182. The number of carbonyl (C=O) groups excluding carboxylic acids is 2. The first kappa shape index (κ1) is 39.5. The van der Waals surface area contributed by atoms with Gasteiger partial charge in [0.2, 0.25) is 0 Å². The minimum atomic E-state index is -0.418. The Morgan fingerprint density at radius 2 is 1.05 bits per heavy atom. The van der Waals surface area contributed by atoms with Crippen LogP contribution in [0.2, 0.25) is 0 Å². The fourth-order valence-electron chi connectivity index (χ4n) is 8.24. The van der Waals surface area contributed by atoms with Crippen LogP contribution in [0.5, 0.6) is 0 Å². The van der Waals surface area contributed by atoms with Crippen LogP contribution in [0, 0.1) is 22.7 Å². The van der Waals surface area contributed by atoms with Crippen molar-refractivity contribution in [1.82, 2.24) is 14.5 Å². The first-order valence-corrected chi connectivity index (χ1v) is 20.2. The third-order valence-electron chi connectivity index (χ3n) is 11.1. The number of benzene rings is 6. The molecule has 1 aliphatic heterocycles. The molecule has 0 bridgehead atoms. The fourth-order valence-corrected chi connectivity index (χ4v) is 8.24. The average molecular weight is 813 g/mol. The Labute approximate surface area is 364 Å². The van der Waals surface area contributed by atoms with Crippen LogP contribution in [0.1, 0.15) is 38.8 Å². The second-order valence-electron chi connectivity index (χ2n) is 14.8. The molecule has 6 aromatic carbocycles. The van der Waals surface area contributed by atoms with Crippen LogP contribution in [0.3, 0.4) is 0 Å². The summed E-state index contributed by atoms with van der Waals surface area (Å²) in [6.45, 7) is 5.42. The molecule has 0 N–H and O–H groups in total. The Morgan fingerprint density at radius 3 is 1.52 bits per heavy atom. The molecule has 298 valence electrons. The molecule has 0 atom stereocenters. The Morgan fingerprint density at radius 1 is 0.540 bits per heavy atom. The number of fused-ring (bicyclic) bond motifs is 4. The number of amides is 2. The lowest BCUT2D eigenvalue weighted by Crippen LogP contribution is -2.30. The summed E-state index contributed by atoms with van der Waals surface area (Å²) in [4.78, 5) is 39.9. The van der Waals surface area contributed by atoms with Gasteiger partial charge in [0.25, 0.3) is 11.8 Å². The first-order chi connectivity index (χ1) is 30.9. The maximum Gasteiger partial charge on any atom is 0.268 e. The van der Waals surface area contributed by atoms with Crippen molar-refractivity contribution in [2.24, 2.45) is 0 Å². The number of nitriles is 2. The molecule has 10 rings (SSSR count). The zero-order valence-corrected chi connectivity index (χ0v) is 34.1. The molecular formula is C55H36N6O2. The van der Waals surface area contributed by atoms with E-state index in [-0.39, 0.29) is 0 Å². The van der Waals surface area contributed by atoms with E-state index in [0.717, 1.165) is 66.3 Å². The highest BCUT2D eigenvalue weighted by Gasteiger charge is 2.41. The zero-order valence-electron chi connectivity index (χ0n) is 34.1. The van der Waals surface area contributed by atoms with Crippen molar-refractivity contribution in [2.45, 2.75) is 6.92 Å². The van der Waals surface area contributed by atoms with Crippen LogP contribution in [-0.2, 0) is 0 Å². The van der Waals surface area contributed by atoms with Crippen LogP contribution < -0.4 is 4.90 Å². The number of para-hydroxylation sites is 1. The Bertz CT molecular complexity index is 3220. The van der Waals surface area contributed by atoms with Crippen LogP contribution in [0.4, 0.5) is 5.69 Å². The number of pyridine rings is 2. The Kier molecular flexibility index (Phi) is 10.6. The molecule has 63 heavy (non-hydrogen) atoms. The lowest BCUT2D eigenvalue weighted by atomic mass is 9.95. The molecule has 0 unspecified atom stereocenters. The highest BCUT2D eigenvalue weighted by atomic mass is 16.2. The molecule has 8 nitrogen and oxygen atoms in total. The van der Waals surface area contributed by atoms with E-state index in [4.69, 9.17) is 0 Å². The van der Waals surface area contributed by atoms with Gasteiger partial charge in [-0.1, -0.05) is 122 Å². The standard InChI is InChI=1S/C50H28N6O2.C5H8/c51-25-31-21-37(29-53-27-31)35-17-19-44-42(23-35)43-24-36(38-22-32(26-52)28-54-30-38)18-20-45(43)55(44)46-16-8-15-41-47(46)50(58)56(49(41)57)48-39(33-9-3-1-4-10-33)13-7-14-40(48)34-11-5-2-6-12-34;1-3-5-4-2/h1-24,27-30H;3-5H,1H2,2H3/b;5-4-. The number of hydrogen-bond donors (Lipinski definition) is 0. The third kappa shape index (κ3) is 7.14. The number of carbonyl (C=O) groups is 2. The van der Waals surface area contributed by atoms with E-state index in [1.54, 1.807) is 36.7 Å². The smallest absolute Gasteiger partial charge is 0.268 e. The monoisotopic (exact) mass is 812 g/mol. The van der Waals surface area contributed by atoms with Gasteiger partial charge in [-0.05, 0) is 77.7 Å². The van der Waals surface area contributed by atoms with Gasteiger partial charge in [-0.25, -0.2) is 4.90 Å². The predicted molar refractivity (Wildman–Crippen MR) is 250 cm³/mol. The van der Waals surface area contributed by atoms with Gasteiger partial charge in [0.1, 0.15) is 12.1 Å². The molecule has 8 heteroatoms. The first-order valence-electron chi connectivity index (χ1n) is 20.2. The molecule has 0 saturated heterocycles. The van der Waals surface area contributed by atoms with Crippen molar-refractivity contribution < 1.29 is 9.59 Å². The number of nitrogens with zero attached hydrogens (tertiary/aromatic N) is 6. The molecule has 0 fully saturated rings. The van der Waals surface area contributed by atoms with Gasteiger partial charge in [0, 0.05) is 57.8 Å². The number of allylic oxidation sites excluding steroid dienone is 3. The molecule has 0 saturated carbocycles. The van der Waals surface area contributed by atoms with Gasteiger partial charge in [-0.15, -0.1) is 0 Å². The summed E-state index contributed by atoms with van der Waals surface area (Å²) in [5.41, 5.74) is 10.8. The van der Waals surface area contributed by atoms with E-state index in [1.807, 2.05) is 139 Å². The lowest BCUT2D eigenvalue weighted by Gasteiger charge is -2.23. The minimum Gasteiger partial charge on any atom is -0.308 e. The Hall–Kier alpha value is -8.98. The van der Waals surface area contributed by atoms with Crippen molar-refractivity contribution >= 4 is 39.3 Å². The topological polar surface area (TPSA) is 116 Å². The molecule has 9 aromatic rings. The summed E-state index contributed by atoms with van der Waals surface area (Å²) in [6.07, 6.45) is 12.1. The molecule has 0 radical (unpaired) electrons. The SMILES string of the molecule is C=C/C=C\C.N#Cc1cncc(-c2ccc3c(c2)c2cc(-c4cncc(C#N)c4)ccc2n3-c2cccc3c2C(=O)N(c2c(-c4ccccc4)cccc2-c2ccccc2)C3=O)c1. The molecular weight excluding hydrogens is 777 g/mol. The van der Waals surface area contributed by atoms with Gasteiger partial charge < -0.3 is 4.57 Å². The molecule has 3 aromatic heterocycles. The van der Waals surface area contributed by atoms with Crippen molar-refractivity contribution in [2.75, 3.05) is 4.90 Å². The number of rotatable bonds is 7. The summed E-state index contributed by atoms with van der Waals surface area (Å²) < 4.78 is 2.04. The van der Waals surface area contributed by atoms with Crippen molar-refractivity contribution in [3.63, 3.8) is 0 Å². The molecule has 1 aliphatic rings. The predicted octanol–water partition coefficient (Wildman–Crippen LogP) is 12.5. The van der Waals surface area contributed by atoms with Crippen LogP contribution in [-0.4, -0.2) is 26.3 Å². The molecule has 4 heterocycles. The largest absolute Gasteiger partial charge is 0.308 e. The number of anilines is 1. The van der Waals surface area contributed by atoms with E-state index in [9.17, 15) is 15.3 Å². The van der Waals surface area contributed by atoms with E-state index < -0.39 is 11.8 Å². The summed E-state index contributed by atoms with van der Waals surface area (Å²) in [6, 6.07) is 50.9. The number of aromatic nitrogens is 3. The summed E-state index contributed by atoms with van der Waals surface area (Å²) in [7, 11) is 0. The van der Waals surface area contributed by atoms with Gasteiger partial charge in [0.05, 0.1) is 44.7 Å². The highest BCUT2D eigenvalue weighted by molar-refractivity contribution is 6.37. The van der Waals surface area contributed by atoms with Gasteiger partial charge in [-0.2, -0.15) is 10.5 Å². The maximum absolute atomic E-state index is 15.2. The molecule has 0 aliphatic carbocycles. The number of hydrogen-bond acceptors (Lipinski definition) is 6. The third-order valence-corrected chi connectivity index (χ3v) is 11.1. The Balaban J connectivity index is 0.000000956. The second kappa shape index (κ2) is 16.9. The zero-order chi connectivity index (χ0) is 43.5. The summed E-state index contributed by atoms with van der Waals surface area (Å²) >= 11 is 0. The lowest BCUT2D eigenvalue weighted by molar-refractivity contribution is 0.0926. The normalized spacial score (nSPS) is 11.9. The minimum absolute atomic E-state index is 0.304. The van der Waals surface area contributed by atoms with Gasteiger partial charge in [-0.3, -0.25) is 19.6 Å². The highest BCUT2D eigenvalue weighted by Crippen LogP contribution is 2.45. The van der Waals surface area contributed by atoms with E-state index >= 15 is 4.79 Å². The number of imide groups is 1. The summed E-state index contributed by atoms with van der Waals surface area (Å²) in [5, 5.41) is 21.0. The van der Waals surface area contributed by atoms with Crippen LogP contribution in [0.25, 0.3) is 72.0 Å². The van der Waals surface area contributed by atoms with Crippen LogP contribution in [0.15, 0.2) is 195 Å². The van der Waals surface area contributed by atoms with E-state index in [2.05, 4.69) is 40.8 Å². The van der Waals surface area contributed by atoms with Crippen molar-refractivity contribution in [3.8, 4) is 62.3 Å². The van der Waals surface area contributed by atoms with E-state index in [0.29, 0.717) is 33.6 Å². The second-order valence-corrected chi connectivity index (χ2v) is 14.8. The van der Waals surface area contributed by atoms with Gasteiger partial charge in [0.15, 0.2) is 0 Å². The van der Waals surface area contributed by atoms with Gasteiger partial charge >= 0.3 is 0 Å². The van der Waals surface area contributed by atoms with Crippen LogP contribution >= 0.6 is 0 Å².